The summed E-state index contributed by atoms with van der Waals surface area (Å²) in [6, 6.07) is 3.40. The summed E-state index contributed by atoms with van der Waals surface area (Å²) in [6.07, 6.45) is 4.19. The number of carboxylic acid groups (broad SMARTS) is 1. The molecule has 29 heavy (non-hydrogen) atoms. The summed E-state index contributed by atoms with van der Waals surface area (Å²) in [4.78, 5) is 32.4. The maximum atomic E-state index is 12.9. The molecule has 0 atom stereocenters. The Balaban J connectivity index is 1.59. The minimum atomic E-state index is -0.987. The molecule has 1 aliphatic carbocycles. The number of nitrogens with zero attached hydrogens (tertiary/aromatic N) is 2. The van der Waals surface area contributed by atoms with Crippen LogP contribution in [-0.2, 0) is 17.6 Å². The van der Waals surface area contributed by atoms with Crippen LogP contribution in [0.15, 0.2) is 18.3 Å². The first-order chi connectivity index (χ1) is 13.8. The van der Waals surface area contributed by atoms with Gasteiger partial charge < -0.3 is 20.1 Å². The molecule has 7 nitrogen and oxygen atoms in total. The number of aryl methyl sites for hydroxylation is 1. The van der Waals surface area contributed by atoms with Crippen LogP contribution in [0.25, 0.3) is 0 Å². The second-order valence-electron chi connectivity index (χ2n) is 8.31. The zero-order chi connectivity index (χ0) is 20.6. The standard InChI is InChI=1S/C21H25N3O4S/c1-21(2)5-3-15-14(12-21)17(20(26)27)19(29-15)23-18(25)13-4-6-22-16(11-13)24-7-9-28-10-8-24/h4,6,11H,3,5,7-10,12H2,1-2H3,(H,23,25)(H,26,27). The molecule has 8 heteroatoms. The van der Waals surface area contributed by atoms with E-state index in [9.17, 15) is 14.7 Å². The van der Waals surface area contributed by atoms with Gasteiger partial charge in [0.1, 0.15) is 10.8 Å². The molecule has 0 bridgehead atoms. The van der Waals surface area contributed by atoms with E-state index in [0.29, 0.717) is 30.2 Å². The highest BCUT2D eigenvalue weighted by Crippen LogP contribution is 2.43. The minimum Gasteiger partial charge on any atom is -0.478 e. The number of hydrogen-bond donors (Lipinski definition) is 2. The molecule has 2 aromatic rings. The van der Waals surface area contributed by atoms with Gasteiger partial charge in [0.25, 0.3) is 5.91 Å². The van der Waals surface area contributed by atoms with E-state index in [1.807, 2.05) is 0 Å². The number of pyridine rings is 1. The van der Waals surface area contributed by atoms with Crippen LogP contribution in [0, 0.1) is 5.41 Å². The first kappa shape index (κ1) is 19.8. The predicted molar refractivity (Wildman–Crippen MR) is 112 cm³/mol. The van der Waals surface area contributed by atoms with Crippen molar-refractivity contribution in [1.29, 1.82) is 0 Å². The Bertz CT molecular complexity index is 947. The van der Waals surface area contributed by atoms with Crippen molar-refractivity contribution in [3.8, 4) is 0 Å². The van der Waals surface area contributed by atoms with E-state index in [4.69, 9.17) is 4.74 Å². The van der Waals surface area contributed by atoms with Gasteiger partial charge in [-0.05, 0) is 42.4 Å². The van der Waals surface area contributed by atoms with Gasteiger partial charge in [0, 0.05) is 29.7 Å². The molecule has 1 saturated heterocycles. The lowest BCUT2D eigenvalue weighted by Gasteiger charge is -2.29. The van der Waals surface area contributed by atoms with Crippen molar-refractivity contribution in [3.63, 3.8) is 0 Å². The third-order valence-electron chi connectivity index (χ3n) is 5.56. The molecule has 1 amide bonds. The summed E-state index contributed by atoms with van der Waals surface area (Å²) < 4.78 is 5.36. The summed E-state index contributed by atoms with van der Waals surface area (Å²) in [5, 5.41) is 13.1. The Morgan fingerprint density at radius 2 is 2.07 bits per heavy atom. The SMILES string of the molecule is CC1(C)CCc2sc(NC(=O)c3ccnc(N4CCOCC4)c3)c(C(=O)O)c2C1. The van der Waals surface area contributed by atoms with Gasteiger partial charge in [-0.3, -0.25) is 4.79 Å². The number of ether oxygens (including phenoxy) is 1. The predicted octanol–water partition coefficient (Wildman–Crippen LogP) is 3.45. The Kier molecular flexibility index (Phi) is 5.31. The first-order valence-electron chi connectivity index (χ1n) is 9.82. The molecular weight excluding hydrogens is 390 g/mol. The van der Waals surface area contributed by atoms with E-state index in [2.05, 4.69) is 29.0 Å². The first-order valence-corrected chi connectivity index (χ1v) is 10.6. The van der Waals surface area contributed by atoms with Gasteiger partial charge >= 0.3 is 5.97 Å². The van der Waals surface area contributed by atoms with Crippen molar-refractivity contribution in [2.24, 2.45) is 5.41 Å². The molecule has 1 aliphatic heterocycles. The van der Waals surface area contributed by atoms with E-state index in [1.54, 1.807) is 18.3 Å². The maximum absolute atomic E-state index is 12.9. The van der Waals surface area contributed by atoms with E-state index >= 15 is 0 Å². The van der Waals surface area contributed by atoms with Crippen molar-refractivity contribution in [2.75, 3.05) is 36.5 Å². The summed E-state index contributed by atoms with van der Waals surface area (Å²) in [5.41, 5.74) is 1.65. The van der Waals surface area contributed by atoms with Crippen LogP contribution in [0.5, 0.6) is 0 Å². The van der Waals surface area contributed by atoms with E-state index in [0.717, 1.165) is 42.2 Å². The van der Waals surface area contributed by atoms with Gasteiger partial charge in [-0.2, -0.15) is 0 Å². The van der Waals surface area contributed by atoms with Crippen LogP contribution in [-0.4, -0.2) is 48.3 Å². The van der Waals surface area contributed by atoms with E-state index in [-0.39, 0.29) is 16.9 Å². The largest absolute Gasteiger partial charge is 0.478 e. The lowest BCUT2D eigenvalue weighted by Crippen LogP contribution is -2.36. The van der Waals surface area contributed by atoms with Gasteiger partial charge in [0.2, 0.25) is 0 Å². The lowest BCUT2D eigenvalue weighted by atomic mass is 9.76. The molecule has 0 unspecified atom stereocenters. The van der Waals surface area contributed by atoms with Gasteiger partial charge in [-0.25, -0.2) is 9.78 Å². The fourth-order valence-corrected chi connectivity index (χ4v) is 5.14. The number of carbonyl (C=O) groups excluding carboxylic acids is 1. The normalized spacial score (nSPS) is 18.2. The number of nitrogens with one attached hydrogen (secondary N) is 1. The van der Waals surface area contributed by atoms with Crippen molar-refractivity contribution in [3.05, 3.63) is 39.9 Å². The topological polar surface area (TPSA) is 91.8 Å². The Morgan fingerprint density at radius 3 is 2.79 bits per heavy atom. The zero-order valence-corrected chi connectivity index (χ0v) is 17.5. The van der Waals surface area contributed by atoms with Crippen LogP contribution >= 0.6 is 11.3 Å². The van der Waals surface area contributed by atoms with Crippen molar-refractivity contribution < 1.29 is 19.4 Å². The van der Waals surface area contributed by atoms with Gasteiger partial charge in [0.15, 0.2) is 0 Å². The molecule has 2 N–H and O–H groups in total. The molecule has 2 aliphatic rings. The number of thiophene rings is 1. The molecular formula is C21H25N3O4S. The molecule has 0 radical (unpaired) electrons. The average Bonchev–Trinajstić information content (AvgIpc) is 3.04. The average molecular weight is 416 g/mol. The fourth-order valence-electron chi connectivity index (χ4n) is 3.93. The highest BCUT2D eigenvalue weighted by atomic mass is 32.1. The van der Waals surface area contributed by atoms with Crippen LogP contribution in [0.3, 0.4) is 0 Å². The van der Waals surface area contributed by atoms with Crippen molar-refractivity contribution >= 4 is 34.0 Å². The molecule has 0 saturated carbocycles. The maximum Gasteiger partial charge on any atom is 0.339 e. The number of hydrogen-bond acceptors (Lipinski definition) is 6. The van der Waals surface area contributed by atoms with Crippen LogP contribution in [0.2, 0.25) is 0 Å². The Morgan fingerprint density at radius 1 is 1.31 bits per heavy atom. The van der Waals surface area contributed by atoms with E-state index in [1.165, 1.54) is 11.3 Å². The highest BCUT2D eigenvalue weighted by molar-refractivity contribution is 7.17. The van der Waals surface area contributed by atoms with Gasteiger partial charge in [-0.1, -0.05) is 13.8 Å². The summed E-state index contributed by atoms with van der Waals surface area (Å²) >= 11 is 1.39. The molecule has 154 valence electrons. The highest BCUT2D eigenvalue weighted by Gasteiger charge is 2.33. The number of carboxylic acids is 1. The number of morpholine rings is 1. The van der Waals surface area contributed by atoms with Crippen LogP contribution in [0.4, 0.5) is 10.8 Å². The molecule has 2 aromatic heterocycles. The number of aromatic nitrogens is 1. The molecule has 4 rings (SSSR count). The Hall–Kier alpha value is -2.45. The number of rotatable bonds is 4. The number of aromatic carboxylic acids is 1. The third kappa shape index (κ3) is 4.13. The lowest BCUT2D eigenvalue weighted by molar-refractivity contribution is 0.0696. The molecule has 0 aromatic carbocycles. The Labute approximate surface area is 173 Å². The van der Waals surface area contributed by atoms with Gasteiger partial charge in [0.05, 0.1) is 18.8 Å². The van der Waals surface area contributed by atoms with Crippen LogP contribution in [0.1, 0.15) is 51.4 Å². The number of carbonyl (C=O) groups is 2. The van der Waals surface area contributed by atoms with Crippen LogP contribution < -0.4 is 10.2 Å². The van der Waals surface area contributed by atoms with E-state index < -0.39 is 5.97 Å². The second kappa shape index (κ2) is 7.76. The second-order valence-corrected chi connectivity index (χ2v) is 9.42. The quantitative estimate of drug-likeness (QED) is 0.795. The molecule has 3 heterocycles. The minimum absolute atomic E-state index is 0.0672. The van der Waals surface area contributed by atoms with Crippen molar-refractivity contribution in [2.45, 2.75) is 33.1 Å². The number of amides is 1. The monoisotopic (exact) mass is 415 g/mol. The number of anilines is 2. The zero-order valence-electron chi connectivity index (χ0n) is 16.7. The fraction of sp³-hybridized carbons (Fsp3) is 0.476. The summed E-state index contributed by atoms with van der Waals surface area (Å²) in [5.74, 6) is -0.576. The third-order valence-corrected chi connectivity index (χ3v) is 6.77. The molecule has 1 fully saturated rings. The van der Waals surface area contributed by atoms with Gasteiger partial charge in [-0.15, -0.1) is 11.3 Å². The molecule has 0 spiro atoms. The smallest absolute Gasteiger partial charge is 0.339 e. The van der Waals surface area contributed by atoms with Crippen molar-refractivity contribution in [1.82, 2.24) is 4.98 Å². The number of fused-ring (bicyclic) bond motifs is 1. The summed E-state index contributed by atoms with van der Waals surface area (Å²) in [6.45, 7) is 7.04. The summed E-state index contributed by atoms with van der Waals surface area (Å²) in [7, 11) is 0.